The molecule has 1 heterocycles. The van der Waals surface area contributed by atoms with Gasteiger partial charge in [-0.1, -0.05) is 48.0 Å². The summed E-state index contributed by atoms with van der Waals surface area (Å²) in [6.45, 7) is 5.71. The Labute approximate surface area is 116 Å². The summed E-state index contributed by atoms with van der Waals surface area (Å²) in [5.41, 5.74) is 1.20. The summed E-state index contributed by atoms with van der Waals surface area (Å²) < 4.78 is 3.03. The van der Waals surface area contributed by atoms with E-state index in [0.717, 1.165) is 23.4 Å². The molecule has 1 N–H and O–H groups in total. The molecule has 1 aromatic carbocycles. The van der Waals surface area contributed by atoms with E-state index in [2.05, 4.69) is 51.2 Å². The van der Waals surface area contributed by atoms with Crippen LogP contribution in [0.2, 0.25) is 0 Å². The molecule has 0 atom stereocenters. The first kappa shape index (κ1) is 13.2. The lowest BCUT2D eigenvalue weighted by molar-refractivity contribution is 0.538. The fourth-order valence-corrected chi connectivity index (χ4v) is 2.05. The van der Waals surface area contributed by atoms with Crippen molar-refractivity contribution in [1.29, 1.82) is 0 Å². The molecule has 0 amide bonds. The third-order valence-electron chi connectivity index (χ3n) is 2.64. The van der Waals surface area contributed by atoms with Crippen LogP contribution in [0.1, 0.15) is 25.2 Å². The van der Waals surface area contributed by atoms with Crippen molar-refractivity contribution in [1.82, 2.24) is 20.1 Å². The number of halogens is 1. The van der Waals surface area contributed by atoms with Crippen LogP contribution in [-0.4, -0.2) is 20.8 Å². The van der Waals surface area contributed by atoms with Crippen molar-refractivity contribution < 1.29 is 0 Å². The van der Waals surface area contributed by atoms with Crippen LogP contribution < -0.4 is 5.32 Å². The van der Waals surface area contributed by atoms with Crippen molar-refractivity contribution in [3.63, 3.8) is 0 Å². The van der Waals surface area contributed by atoms with Crippen molar-refractivity contribution in [2.24, 2.45) is 0 Å². The predicted octanol–water partition coefficient (Wildman–Crippen LogP) is 2.59. The van der Waals surface area contributed by atoms with Gasteiger partial charge in [0.05, 0.1) is 13.1 Å². The normalized spacial score (nSPS) is 11.1. The molecular weight excluding hydrogens is 292 g/mol. The predicted molar refractivity (Wildman–Crippen MR) is 75.2 cm³/mol. The molecule has 0 saturated heterocycles. The molecule has 2 aromatic rings. The average molecular weight is 309 g/mol. The Hall–Kier alpha value is -1.20. The van der Waals surface area contributed by atoms with Crippen molar-refractivity contribution in [2.75, 3.05) is 0 Å². The molecule has 4 nitrogen and oxygen atoms in total. The molecule has 0 unspecified atom stereocenters. The molecule has 0 aliphatic heterocycles. The number of hydrogen-bond acceptors (Lipinski definition) is 3. The monoisotopic (exact) mass is 308 g/mol. The van der Waals surface area contributed by atoms with Gasteiger partial charge in [-0.05, 0) is 11.6 Å². The molecule has 96 valence electrons. The summed E-state index contributed by atoms with van der Waals surface area (Å²) >= 11 is 3.55. The van der Waals surface area contributed by atoms with Gasteiger partial charge in [0.2, 0.25) is 0 Å². The maximum atomic E-state index is 4.29. The summed E-state index contributed by atoms with van der Waals surface area (Å²) in [4.78, 5) is 4.29. The van der Waals surface area contributed by atoms with Crippen LogP contribution in [0.25, 0.3) is 0 Å². The van der Waals surface area contributed by atoms with E-state index in [9.17, 15) is 0 Å². The van der Waals surface area contributed by atoms with Crippen LogP contribution in [0.3, 0.4) is 0 Å². The molecule has 5 heteroatoms. The Morgan fingerprint density at radius 3 is 2.83 bits per heavy atom. The molecule has 0 aliphatic carbocycles. The van der Waals surface area contributed by atoms with Gasteiger partial charge in [0.15, 0.2) is 0 Å². The molecular formula is C13H17BrN4. The van der Waals surface area contributed by atoms with Crippen LogP contribution in [-0.2, 0) is 13.1 Å². The minimum absolute atomic E-state index is 0.443. The second-order valence-corrected chi connectivity index (χ2v) is 5.32. The smallest absolute Gasteiger partial charge is 0.141 e. The van der Waals surface area contributed by atoms with Gasteiger partial charge in [0.25, 0.3) is 0 Å². The molecule has 0 aliphatic rings. The number of nitrogens with one attached hydrogen (secondary N) is 1. The second-order valence-electron chi connectivity index (χ2n) is 4.46. The van der Waals surface area contributed by atoms with Crippen LogP contribution in [0.4, 0.5) is 0 Å². The van der Waals surface area contributed by atoms with Gasteiger partial charge in [-0.25, -0.2) is 9.67 Å². The number of benzene rings is 1. The third kappa shape index (κ3) is 3.40. The number of hydrogen-bond donors (Lipinski definition) is 1. The molecule has 0 bridgehead atoms. The van der Waals surface area contributed by atoms with Crippen LogP contribution in [0.5, 0.6) is 0 Å². The van der Waals surface area contributed by atoms with E-state index in [-0.39, 0.29) is 0 Å². The zero-order valence-electron chi connectivity index (χ0n) is 10.6. The summed E-state index contributed by atoms with van der Waals surface area (Å²) in [5, 5.41) is 7.63. The van der Waals surface area contributed by atoms with Gasteiger partial charge in [-0.2, -0.15) is 5.10 Å². The Balaban J connectivity index is 2.10. The van der Waals surface area contributed by atoms with Crippen molar-refractivity contribution in [3.05, 3.63) is 46.5 Å². The van der Waals surface area contributed by atoms with Crippen molar-refractivity contribution in [2.45, 2.75) is 33.0 Å². The van der Waals surface area contributed by atoms with Crippen LogP contribution >= 0.6 is 15.9 Å². The molecule has 1 aromatic heterocycles. The maximum Gasteiger partial charge on any atom is 0.141 e. The Morgan fingerprint density at radius 2 is 2.11 bits per heavy atom. The maximum absolute atomic E-state index is 4.29. The first-order valence-electron chi connectivity index (χ1n) is 6.00. The fourth-order valence-electron chi connectivity index (χ4n) is 1.64. The standard InChI is InChI=1S/C13H17BrN4/c1-10(2)15-7-13-16-9-17-18(13)8-11-5-3-4-6-12(11)14/h3-6,9-10,15H,7-8H2,1-2H3. The second kappa shape index (κ2) is 6.11. The lowest BCUT2D eigenvalue weighted by Gasteiger charge is -2.10. The van der Waals surface area contributed by atoms with E-state index in [4.69, 9.17) is 0 Å². The molecule has 2 rings (SSSR count). The number of aromatic nitrogens is 3. The van der Waals surface area contributed by atoms with Crippen LogP contribution in [0, 0.1) is 0 Å². The van der Waals surface area contributed by atoms with E-state index in [0.29, 0.717) is 6.04 Å². The largest absolute Gasteiger partial charge is 0.308 e. The first-order chi connectivity index (χ1) is 8.66. The minimum Gasteiger partial charge on any atom is -0.308 e. The summed E-state index contributed by atoms with van der Waals surface area (Å²) in [7, 11) is 0. The topological polar surface area (TPSA) is 42.7 Å². The van der Waals surface area contributed by atoms with Gasteiger partial charge in [0.1, 0.15) is 12.2 Å². The zero-order valence-corrected chi connectivity index (χ0v) is 12.2. The first-order valence-corrected chi connectivity index (χ1v) is 6.79. The van der Waals surface area contributed by atoms with Gasteiger partial charge < -0.3 is 5.32 Å². The highest BCUT2D eigenvalue weighted by atomic mass is 79.9. The molecule has 0 fully saturated rings. The van der Waals surface area contributed by atoms with Gasteiger partial charge in [-0.15, -0.1) is 0 Å². The summed E-state index contributed by atoms with van der Waals surface area (Å²) in [6, 6.07) is 8.61. The third-order valence-corrected chi connectivity index (χ3v) is 3.42. The zero-order chi connectivity index (χ0) is 13.0. The Kier molecular flexibility index (Phi) is 4.49. The minimum atomic E-state index is 0.443. The Bertz CT molecular complexity index is 507. The van der Waals surface area contributed by atoms with Crippen molar-refractivity contribution in [3.8, 4) is 0 Å². The SMILES string of the molecule is CC(C)NCc1ncnn1Cc1ccccc1Br. The van der Waals surface area contributed by atoms with E-state index < -0.39 is 0 Å². The number of rotatable bonds is 5. The molecule has 18 heavy (non-hydrogen) atoms. The van der Waals surface area contributed by atoms with Gasteiger partial charge in [-0.3, -0.25) is 0 Å². The van der Waals surface area contributed by atoms with Crippen LogP contribution in [0.15, 0.2) is 35.1 Å². The van der Waals surface area contributed by atoms with Gasteiger partial charge in [0, 0.05) is 10.5 Å². The molecule has 0 spiro atoms. The van der Waals surface area contributed by atoms with E-state index in [1.807, 2.05) is 22.9 Å². The summed E-state index contributed by atoms with van der Waals surface area (Å²) in [5.74, 6) is 0.958. The van der Waals surface area contributed by atoms with E-state index >= 15 is 0 Å². The highest BCUT2D eigenvalue weighted by Gasteiger charge is 2.07. The van der Waals surface area contributed by atoms with Crippen molar-refractivity contribution >= 4 is 15.9 Å². The highest BCUT2D eigenvalue weighted by molar-refractivity contribution is 9.10. The summed E-state index contributed by atoms with van der Waals surface area (Å²) in [6.07, 6.45) is 1.61. The lowest BCUT2D eigenvalue weighted by Crippen LogP contribution is -2.24. The number of nitrogens with zero attached hydrogens (tertiary/aromatic N) is 3. The van der Waals surface area contributed by atoms with E-state index in [1.54, 1.807) is 6.33 Å². The molecule has 0 saturated carbocycles. The average Bonchev–Trinajstić information content (AvgIpc) is 2.77. The van der Waals surface area contributed by atoms with E-state index in [1.165, 1.54) is 5.56 Å². The fraction of sp³-hybridized carbons (Fsp3) is 0.385. The Morgan fingerprint density at radius 1 is 1.33 bits per heavy atom. The van der Waals surface area contributed by atoms with Gasteiger partial charge >= 0.3 is 0 Å². The molecule has 0 radical (unpaired) electrons. The lowest BCUT2D eigenvalue weighted by atomic mass is 10.2. The highest BCUT2D eigenvalue weighted by Crippen LogP contribution is 2.17. The quantitative estimate of drug-likeness (QED) is 0.923.